The van der Waals surface area contributed by atoms with Crippen LogP contribution in [0.2, 0.25) is 0 Å². The standard InChI is InChI=1S/C20H23NO2/c1-4-9-23-18-8-6-5-7-15(18)12-17-16-11-13(2)10-14(3)19(16)21-20(17)22/h5-8,10-11,17H,4,9,12H2,1-3H3,(H,21,22)/t17-/m0/s1. The Morgan fingerprint density at radius 3 is 2.74 bits per heavy atom. The number of hydrogen-bond acceptors (Lipinski definition) is 2. The quantitative estimate of drug-likeness (QED) is 0.890. The maximum absolute atomic E-state index is 12.5. The van der Waals surface area contributed by atoms with E-state index in [1.165, 1.54) is 5.56 Å². The molecule has 1 N–H and O–H groups in total. The molecule has 3 rings (SSSR count). The van der Waals surface area contributed by atoms with Gasteiger partial charge in [0.15, 0.2) is 0 Å². The zero-order chi connectivity index (χ0) is 16.4. The third kappa shape index (κ3) is 3.09. The summed E-state index contributed by atoms with van der Waals surface area (Å²) in [7, 11) is 0. The largest absolute Gasteiger partial charge is 0.493 e. The second-order valence-electron chi connectivity index (χ2n) is 6.25. The number of anilines is 1. The fraction of sp³-hybridized carbons (Fsp3) is 0.350. The number of rotatable bonds is 5. The topological polar surface area (TPSA) is 38.3 Å². The zero-order valence-corrected chi connectivity index (χ0v) is 14.0. The first kappa shape index (κ1) is 15.6. The van der Waals surface area contributed by atoms with Gasteiger partial charge in [-0.3, -0.25) is 4.79 Å². The molecule has 2 aromatic rings. The molecule has 0 aliphatic carbocycles. The van der Waals surface area contributed by atoms with Gasteiger partial charge >= 0.3 is 0 Å². The number of benzene rings is 2. The van der Waals surface area contributed by atoms with Gasteiger partial charge in [0.1, 0.15) is 5.75 Å². The summed E-state index contributed by atoms with van der Waals surface area (Å²) >= 11 is 0. The Morgan fingerprint density at radius 2 is 1.96 bits per heavy atom. The minimum absolute atomic E-state index is 0.0824. The van der Waals surface area contributed by atoms with Crippen LogP contribution >= 0.6 is 0 Å². The Balaban J connectivity index is 1.92. The van der Waals surface area contributed by atoms with Crippen molar-refractivity contribution in [2.45, 2.75) is 39.5 Å². The number of fused-ring (bicyclic) bond motifs is 1. The number of carbonyl (C=O) groups is 1. The number of amides is 1. The molecule has 0 aromatic heterocycles. The van der Waals surface area contributed by atoms with Gasteiger partial charge in [-0.1, -0.05) is 42.8 Å². The van der Waals surface area contributed by atoms with Crippen LogP contribution in [0.1, 0.15) is 41.5 Å². The molecule has 120 valence electrons. The lowest BCUT2D eigenvalue weighted by molar-refractivity contribution is -0.117. The van der Waals surface area contributed by atoms with Crippen LogP contribution in [0.3, 0.4) is 0 Å². The van der Waals surface area contributed by atoms with E-state index in [4.69, 9.17) is 4.74 Å². The zero-order valence-electron chi connectivity index (χ0n) is 14.0. The number of ether oxygens (including phenoxy) is 1. The van der Waals surface area contributed by atoms with E-state index < -0.39 is 0 Å². The number of hydrogen-bond donors (Lipinski definition) is 1. The van der Waals surface area contributed by atoms with E-state index in [2.05, 4.69) is 37.4 Å². The molecule has 1 atom stereocenters. The molecule has 1 heterocycles. The highest BCUT2D eigenvalue weighted by molar-refractivity contribution is 6.04. The van der Waals surface area contributed by atoms with E-state index in [0.29, 0.717) is 13.0 Å². The van der Waals surface area contributed by atoms with Gasteiger partial charge in [0.05, 0.1) is 12.5 Å². The number of aryl methyl sites for hydroxylation is 2. The molecule has 0 fully saturated rings. The number of carbonyl (C=O) groups excluding carboxylic acids is 1. The van der Waals surface area contributed by atoms with Gasteiger partial charge in [0.2, 0.25) is 5.91 Å². The summed E-state index contributed by atoms with van der Waals surface area (Å²) in [5, 5.41) is 3.05. The number of para-hydroxylation sites is 1. The highest BCUT2D eigenvalue weighted by atomic mass is 16.5. The first-order chi connectivity index (χ1) is 11.1. The molecule has 0 radical (unpaired) electrons. The lowest BCUT2D eigenvalue weighted by atomic mass is 9.91. The highest BCUT2D eigenvalue weighted by Gasteiger charge is 2.32. The Bertz CT molecular complexity index is 736. The van der Waals surface area contributed by atoms with Crippen LogP contribution in [-0.2, 0) is 11.2 Å². The monoisotopic (exact) mass is 309 g/mol. The van der Waals surface area contributed by atoms with E-state index in [0.717, 1.165) is 34.5 Å². The Morgan fingerprint density at radius 1 is 1.17 bits per heavy atom. The average molecular weight is 309 g/mol. The molecule has 0 saturated heterocycles. The van der Waals surface area contributed by atoms with E-state index in [1.807, 2.05) is 25.1 Å². The maximum atomic E-state index is 12.5. The molecule has 0 bridgehead atoms. The molecule has 0 saturated carbocycles. The third-order valence-corrected chi connectivity index (χ3v) is 4.31. The smallest absolute Gasteiger partial charge is 0.232 e. The first-order valence-electron chi connectivity index (χ1n) is 8.23. The van der Waals surface area contributed by atoms with Crippen molar-refractivity contribution in [3.8, 4) is 5.75 Å². The molecular weight excluding hydrogens is 286 g/mol. The minimum atomic E-state index is -0.144. The predicted molar refractivity (Wildman–Crippen MR) is 93.2 cm³/mol. The van der Waals surface area contributed by atoms with Gasteiger partial charge in [-0.15, -0.1) is 0 Å². The first-order valence-corrected chi connectivity index (χ1v) is 8.23. The van der Waals surface area contributed by atoms with Gasteiger partial charge in [-0.2, -0.15) is 0 Å². The molecule has 1 aliphatic heterocycles. The van der Waals surface area contributed by atoms with Crippen molar-refractivity contribution in [2.24, 2.45) is 0 Å². The van der Waals surface area contributed by atoms with Crippen molar-refractivity contribution in [3.63, 3.8) is 0 Å². The van der Waals surface area contributed by atoms with Gasteiger partial charge in [0.25, 0.3) is 0 Å². The molecular formula is C20H23NO2. The molecule has 3 nitrogen and oxygen atoms in total. The lowest BCUT2D eigenvalue weighted by Gasteiger charge is -2.14. The molecule has 0 spiro atoms. The average Bonchev–Trinajstić information content (AvgIpc) is 2.83. The van der Waals surface area contributed by atoms with Crippen LogP contribution in [0.4, 0.5) is 5.69 Å². The molecule has 2 aromatic carbocycles. The van der Waals surface area contributed by atoms with E-state index in [-0.39, 0.29) is 11.8 Å². The summed E-state index contributed by atoms with van der Waals surface area (Å²) in [6.07, 6.45) is 1.64. The molecule has 23 heavy (non-hydrogen) atoms. The van der Waals surface area contributed by atoms with Crippen molar-refractivity contribution >= 4 is 11.6 Å². The Hall–Kier alpha value is -2.29. The van der Waals surface area contributed by atoms with Crippen LogP contribution < -0.4 is 10.1 Å². The number of nitrogens with one attached hydrogen (secondary N) is 1. The fourth-order valence-electron chi connectivity index (χ4n) is 3.25. The van der Waals surface area contributed by atoms with E-state index >= 15 is 0 Å². The van der Waals surface area contributed by atoms with Gasteiger partial charge in [0, 0.05) is 5.69 Å². The van der Waals surface area contributed by atoms with Crippen molar-refractivity contribution in [3.05, 3.63) is 58.7 Å². The third-order valence-electron chi connectivity index (χ3n) is 4.31. The van der Waals surface area contributed by atoms with Crippen molar-refractivity contribution in [2.75, 3.05) is 11.9 Å². The van der Waals surface area contributed by atoms with E-state index in [1.54, 1.807) is 0 Å². The van der Waals surface area contributed by atoms with Crippen LogP contribution in [0.5, 0.6) is 5.75 Å². The minimum Gasteiger partial charge on any atom is -0.493 e. The van der Waals surface area contributed by atoms with Crippen molar-refractivity contribution in [1.29, 1.82) is 0 Å². The van der Waals surface area contributed by atoms with Crippen LogP contribution in [0, 0.1) is 13.8 Å². The van der Waals surface area contributed by atoms with Gasteiger partial charge in [-0.05, 0) is 49.4 Å². The van der Waals surface area contributed by atoms with Crippen LogP contribution in [0.15, 0.2) is 36.4 Å². The van der Waals surface area contributed by atoms with Crippen molar-refractivity contribution < 1.29 is 9.53 Å². The molecule has 3 heteroatoms. The summed E-state index contributed by atoms with van der Waals surface area (Å²) in [6.45, 7) is 6.91. The molecule has 1 amide bonds. The van der Waals surface area contributed by atoms with E-state index in [9.17, 15) is 4.79 Å². The summed E-state index contributed by atoms with van der Waals surface area (Å²) in [6, 6.07) is 12.3. The molecule has 1 aliphatic rings. The second kappa shape index (κ2) is 6.45. The summed E-state index contributed by atoms with van der Waals surface area (Å²) < 4.78 is 5.84. The summed E-state index contributed by atoms with van der Waals surface area (Å²) in [5.74, 6) is 0.828. The van der Waals surface area contributed by atoms with Crippen molar-refractivity contribution in [1.82, 2.24) is 0 Å². The summed E-state index contributed by atoms with van der Waals surface area (Å²) in [4.78, 5) is 12.5. The normalized spacial score (nSPS) is 16.1. The Kier molecular flexibility index (Phi) is 4.37. The molecule has 0 unspecified atom stereocenters. The lowest BCUT2D eigenvalue weighted by Crippen LogP contribution is -2.15. The van der Waals surface area contributed by atoms with Crippen LogP contribution in [-0.4, -0.2) is 12.5 Å². The summed E-state index contributed by atoms with van der Waals surface area (Å²) in [5.41, 5.74) is 5.51. The Labute approximate surface area is 137 Å². The second-order valence-corrected chi connectivity index (χ2v) is 6.25. The highest BCUT2D eigenvalue weighted by Crippen LogP contribution is 2.39. The SMILES string of the molecule is CCCOc1ccccc1C[C@@H]1C(=O)Nc2c(C)cc(C)cc21. The maximum Gasteiger partial charge on any atom is 0.232 e. The predicted octanol–water partition coefficient (Wildman–Crippen LogP) is 4.37. The fourth-order valence-corrected chi connectivity index (χ4v) is 3.25. The van der Waals surface area contributed by atoms with Gasteiger partial charge in [-0.25, -0.2) is 0 Å². The van der Waals surface area contributed by atoms with Gasteiger partial charge < -0.3 is 10.1 Å². The van der Waals surface area contributed by atoms with Crippen LogP contribution in [0.25, 0.3) is 0 Å².